The van der Waals surface area contributed by atoms with Gasteiger partial charge in [0.2, 0.25) is 5.95 Å². The zero-order valence-electron chi connectivity index (χ0n) is 21.0. The number of morpholine rings is 1. The van der Waals surface area contributed by atoms with Gasteiger partial charge in [0.25, 0.3) is 0 Å². The van der Waals surface area contributed by atoms with E-state index in [0.29, 0.717) is 16.7 Å². The van der Waals surface area contributed by atoms with Crippen LogP contribution in [0.25, 0.3) is 0 Å². The molecule has 3 N–H and O–H groups in total. The maximum atomic E-state index is 12.7. The van der Waals surface area contributed by atoms with Crippen LogP contribution in [-0.4, -0.2) is 46.4 Å². The first kappa shape index (κ1) is 25.2. The number of nitrogens with one attached hydrogen (secondary N) is 3. The third-order valence-electron chi connectivity index (χ3n) is 5.60. The zero-order valence-corrected chi connectivity index (χ0v) is 21.8. The first-order valence-electron chi connectivity index (χ1n) is 11.8. The Morgan fingerprint density at radius 2 is 1.66 bits per heavy atom. The average Bonchev–Trinajstić information content (AvgIpc) is 2.82. The molecule has 4 rings (SSSR count). The number of hydrogen-bond acceptors (Lipinski definition) is 8. The molecule has 1 aliphatic heterocycles. The van der Waals surface area contributed by atoms with Gasteiger partial charge in [-0.25, -0.2) is 4.98 Å². The van der Waals surface area contributed by atoms with E-state index in [1.54, 1.807) is 0 Å². The number of ether oxygens (including phenoxy) is 1. The molecule has 1 aromatic heterocycles. The van der Waals surface area contributed by atoms with E-state index in [2.05, 4.69) is 37.4 Å². The van der Waals surface area contributed by atoms with Crippen LogP contribution in [0.15, 0.2) is 53.4 Å². The van der Waals surface area contributed by atoms with E-state index < -0.39 is 11.4 Å². The normalized spacial score (nSPS) is 15.1. The van der Waals surface area contributed by atoms with Crippen LogP contribution in [0.5, 0.6) is 0 Å². The molecule has 9 heteroatoms. The molecule has 0 aliphatic carbocycles. The number of rotatable bonds is 7. The van der Waals surface area contributed by atoms with Gasteiger partial charge >= 0.3 is 0 Å². The summed E-state index contributed by atoms with van der Waals surface area (Å²) >= 11 is -1.31. The molecule has 0 amide bonds. The van der Waals surface area contributed by atoms with Crippen LogP contribution in [0.3, 0.4) is 0 Å². The van der Waals surface area contributed by atoms with Crippen LogP contribution in [0.4, 0.5) is 28.8 Å². The number of aromatic nitrogens is 2. The lowest BCUT2D eigenvalue weighted by Crippen LogP contribution is -2.40. The van der Waals surface area contributed by atoms with Crippen LogP contribution in [0.1, 0.15) is 32.0 Å². The van der Waals surface area contributed by atoms with E-state index >= 15 is 0 Å². The molecular weight excluding hydrogens is 460 g/mol. The van der Waals surface area contributed by atoms with Crippen molar-refractivity contribution in [2.75, 3.05) is 41.8 Å². The van der Waals surface area contributed by atoms with Crippen molar-refractivity contribution in [1.82, 2.24) is 14.7 Å². The van der Waals surface area contributed by atoms with Gasteiger partial charge in [-0.2, -0.15) is 4.98 Å². The van der Waals surface area contributed by atoms with E-state index in [4.69, 9.17) is 9.72 Å². The average molecular weight is 495 g/mol. The molecule has 2 aromatic carbocycles. The molecule has 1 aliphatic rings. The van der Waals surface area contributed by atoms with Crippen molar-refractivity contribution < 1.29 is 9.29 Å². The van der Waals surface area contributed by atoms with Gasteiger partial charge in [-0.05, 0) is 71.0 Å². The van der Waals surface area contributed by atoms with E-state index in [1.165, 1.54) is 5.69 Å². The second-order valence-electron chi connectivity index (χ2n) is 9.65. The quantitative estimate of drug-likeness (QED) is 0.402. The minimum absolute atomic E-state index is 0.254. The first-order chi connectivity index (χ1) is 16.7. The Morgan fingerprint density at radius 1 is 0.943 bits per heavy atom. The Labute approximate surface area is 210 Å². The Hall–Kier alpha value is -2.85. The smallest absolute Gasteiger partial charge is 0.229 e. The SMILES string of the molecule is Cc1nc(Nc2ccc(N3CCOCC3)cc2)nc(Nc2cccc([S+]([O-])NC(C)(C)C)c2)c1C. The highest BCUT2D eigenvalue weighted by molar-refractivity contribution is 7.89. The second-order valence-corrected chi connectivity index (χ2v) is 10.9. The van der Waals surface area contributed by atoms with Crippen LogP contribution < -0.4 is 20.3 Å². The molecule has 1 fully saturated rings. The predicted octanol–water partition coefficient (Wildman–Crippen LogP) is 4.83. The molecule has 186 valence electrons. The Morgan fingerprint density at radius 3 is 2.34 bits per heavy atom. The number of aryl methyl sites for hydroxylation is 1. The molecule has 8 nitrogen and oxygen atoms in total. The topological polar surface area (TPSA) is 97.4 Å². The fourth-order valence-electron chi connectivity index (χ4n) is 3.68. The molecule has 0 radical (unpaired) electrons. The van der Waals surface area contributed by atoms with E-state index in [1.807, 2.05) is 71.0 Å². The molecule has 35 heavy (non-hydrogen) atoms. The monoisotopic (exact) mass is 494 g/mol. The van der Waals surface area contributed by atoms with Crippen LogP contribution >= 0.6 is 0 Å². The van der Waals surface area contributed by atoms with Crippen LogP contribution in [0.2, 0.25) is 0 Å². The third-order valence-corrected chi connectivity index (χ3v) is 7.08. The number of anilines is 5. The number of nitrogens with zero attached hydrogens (tertiary/aromatic N) is 3. The Kier molecular flexibility index (Phi) is 7.81. The van der Waals surface area contributed by atoms with E-state index in [-0.39, 0.29) is 5.54 Å². The van der Waals surface area contributed by atoms with Gasteiger partial charge in [-0.1, -0.05) is 6.07 Å². The summed E-state index contributed by atoms with van der Waals surface area (Å²) in [6.07, 6.45) is 0. The molecule has 2 heterocycles. The number of hydrogen-bond donors (Lipinski definition) is 3. The van der Waals surface area contributed by atoms with Gasteiger partial charge in [-0.3, -0.25) is 0 Å². The minimum atomic E-state index is -1.31. The molecule has 3 aromatic rings. The summed E-state index contributed by atoms with van der Waals surface area (Å²) in [4.78, 5) is 12.4. The highest BCUT2D eigenvalue weighted by atomic mass is 32.2. The fourth-order valence-corrected chi connectivity index (χ4v) is 4.79. The lowest BCUT2D eigenvalue weighted by Gasteiger charge is -2.28. The maximum absolute atomic E-state index is 12.7. The first-order valence-corrected chi connectivity index (χ1v) is 12.9. The summed E-state index contributed by atoms with van der Waals surface area (Å²) in [6, 6.07) is 15.8. The predicted molar refractivity (Wildman–Crippen MR) is 143 cm³/mol. The van der Waals surface area contributed by atoms with Gasteiger partial charge in [0, 0.05) is 47.5 Å². The minimum Gasteiger partial charge on any atom is -0.593 e. The Balaban J connectivity index is 1.49. The third kappa shape index (κ3) is 6.85. The molecular formula is C26H34N6O2S. The van der Waals surface area contributed by atoms with Gasteiger partial charge in [-0.15, -0.1) is 4.72 Å². The highest BCUT2D eigenvalue weighted by Gasteiger charge is 2.21. The zero-order chi connectivity index (χ0) is 25.0. The lowest BCUT2D eigenvalue weighted by molar-refractivity contribution is 0.122. The van der Waals surface area contributed by atoms with Gasteiger partial charge in [0.15, 0.2) is 4.90 Å². The van der Waals surface area contributed by atoms with Crippen molar-refractivity contribution in [2.45, 2.75) is 45.1 Å². The second kappa shape index (κ2) is 10.8. The van der Waals surface area contributed by atoms with Crippen molar-refractivity contribution in [3.05, 3.63) is 59.8 Å². The van der Waals surface area contributed by atoms with E-state index in [9.17, 15) is 4.55 Å². The molecule has 1 saturated heterocycles. The van der Waals surface area contributed by atoms with Crippen molar-refractivity contribution in [2.24, 2.45) is 0 Å². The van der Waals surface area contributed by atoms with Crippen molar-refractivity contribution in [3.8, 4) is 0 Å². The van der Waals surface area contributed by atoms with Gasteiger partial charge in [0.1, 0.15) is 5.82 Å². The van der Waals surface area contributed by atoms with Gasteiger partial charge in [0.05, 0.1) is 30.1 Å². The van der Waals surface area contributed by atoms with Crippen molar-refractivity contribution >= 4 is 40.2 Å². The highest BCUT2D eigenvalue weighted by Crippen LogP contribution is 2.26. The summed E-state index contributed by atoms with van der Waals surface area (Å²) in [5.74, 6) is 1.22. The molecule has 0 saturated carbocycles. The summed E-state index contributed by atoms with van der Waals surface area (Å²) in [5, 5.41) is 6.70. The molecule has 0 bridgehead atoms. The fraction of sp³-hybridized carbons (Fsp3) is 0.385. The van der Waals surface area contributed by atoms with Crippen LogP contribution in [-0.2, 0) is 16.1 Å². The van der Waals surface area contributed by atoms with Gasteiger partial charge < -0.3 is 24.8 Å². The standard InChI is InChI=1S/C26H34N6O2S/c1-18-19(2)27-25(29-20-9-11-22(12-10-20)32-13-15-34-16-14-32)30-24(18)28-21-7-6-8-23(17-21)35(33)31-26(3,4)5/h6-12,17,31H,13-16H2,1-5H3,(H2,27,28,29,30). The van der Waals surface area contributed by atoms with Crippen LogP contribution in [0, 0.1) is 13.8 Å². The Bertz CT molecular complexity index is 1140. The molecule has 1 atom stereocenters. The molecule has 0 spiro atoms. The number of benzene rings is 2. The lowest BCUT2D eigenvalue weighted by atomic mass is 10.1. The maximum Gasteiger partial charge on any atom is 0.229 e. The summed E-state index contributed by atoms with van der Waals surface area (Å²) in [5.41, 5.74) is 4.49. The summed E-state index contributed by atoms with van der Waals surface area (Å²) in [7, 11) is 0. The van der Waals surface area contributed by atoms with Crippen molar-refractivity contribution in [1.29, 1.82) is 0 Å². The largest absolute Gasteiger partial charge is 0.593 e. The summed E-state index contributed by atoms with van der Waals surface area (Å²) in [6.45, 7) is 13.3. The molecule has 1 unspecified atom stereocenters. The van der Waals surface area contributed by atoms with Crippen molar-refractivity contribution in [3.63, 3.8) is 0 Å². The summed E-state index contributed by atoms with van der Waals surface area (Å²) < 4.78 is 21.2. The van der Waals surface area contributed by atoms with E-state index in [0.717, 1.165) is 48.9 Å².